The molecule has 5 heteroatoms. The normalized spacial score (nSPS) is 10.9. The molecule has 0 unspecified atom stereocenters. The van der Waals surface area contributed by atoms with Crippen molar-refractivity contribution in [2.75, 3.05) is 19.0 Å². The van der Waals surface area contributed by atoms with Gasteiger partial charge in [0, 0.05) is 35.3 Å². The van der Waals surface area contributed by atoms with Crippen molar-refractivity contribution < 1.29 is 9.53 Å². The van der Waals surface area contributed by atoms with E-state index in [2.05, 4.69) is 10.3 Å². The van der Waals surface area contributed by atoms with Crippen molar-refractivity contribution in [1.82, 2.24) is 4.98 Å². The molecule has 0 aliphatic heterocycles. The predicted molar refractivity (Wildman–Crippen MR) is 111 cm³/mol. The fraction of sp³-hybridized carbons (Fsp3) is 0.0870. The van der Waals surface area contributed by atoms with E-state index in [0.29, 0.717) is 22.0 Å². The molecule has 3 aromatic carbocycles. The van der Waals surface area contributed by atoms with Crippen LogP contribution in [0.2, 0.25) is 0 Å². The number of amides is 1. The van der Waals surface area contributed by atoms with E-state index in [4.69, 9.17) is 4.74 Å². The van der Waals surface area contributed by atoms with E-state index >= 15 is 0 Å². The zero-order chi connectivity index (χ0) is 19.5. The molecule has 1 aromatic heterocycles. The summed E-state index contributed by atoms with van der Waals surface area (Å²) in [5.74, 6) is -0.271. The summed E-state index contributed by atoms with van der Waals surface area (Å²) in [7, 11) is 1.46. The second-order valence-electron chi connectivity index (χ2n) is 6.47. The lowest BCUT2D eigenvalue weighted by atomic mass is 10.1. The first-order valence-corrected chi connectivity index (χ1v) is 8.87. The monoisotopic (exact) mass is 370 g/mol. The molecular weight excluding hydrogens is 352 g/mol. The Morgan fingerprint density at radius 2 is 1.75 bits per heavy atom. The minimum atomic E-state index is -0.271. The molecule has 0 spiro atoms. The lowest BCUT2D eigenvalue weighted by Gasteiger charge is -2.05. The van der Waals surface area contributed by atoms with Crippen molar-refractivity contribution >= 4 is 33.3 Å². The van der Waals surface area contributed by atoms with Gasteiger partial charge in [0.1, 0.15) is 6.61 Å². The number of nitrogens with one attached hydrogen (secondary N) is 1. The van der Waals surface area contributed by atoms with Gasteiger partial charge in [-0.2, -0.15) is 0 Å². The van der Waals surface area contributed by atoms with Crippen LogP contribution in [0.5, 0.6) is 0 Å². The van der Waals surface area contributed by atoms with Gasteiger partial charge in [-0.15, -0.1) is 0 Å². The summed E-state index contributed by atoms with van der Waals surface area (Å²) in [6, 6.07) is 20.7. The summed E-state index contributed by atoms with van der Waals surface area (Å²) in [5.41, 5.74) is 2.95. The van der Waals surface area contributed by atoms with Gasteiger partial charge in [-0.1, -0.05) is 42.5 Å². The van der Waals surface area contributed by atoms with E-state index in [1.54, 1.807) is 18.3 Å². The van der Waals surface area contributed by atoms with E-state index in [1.165, 1.54) is 7.11 Å². The molecule has 0 bridgehead atoms. The number of carbonyl (C=O) groups is 1. The fourth-order valence-electron chi connectivity index (χ4n) is 3.20. The number of ether oxygens (including phenoxy) is 1. The number of aromatic nitrogens is 1. The van der Waals surface area contributed by atoms with Gasteiger partial charge in [0.05, 0.1) is 5.52 Å². The van der Waals surface area contributed by atoms with Crippen molar-refractivity contribution in [2.45, 2.75) is 0 Å². The van der Waals surface area contributed by atoms with E-state index < -0.39 is 0 Å². The van der Waals surface area contributed by atoms with Gasteiger partial charge >= 0.3 is 0 Å². The second-order valence-corrected chi connectivity index (χ2v) is 6.47. The number of rotatable bonds is 4. The van der Waals surface area contributed by atoms with E-state index in [9.17, 15) is 9.59 Å². The number of hydrogen-bond acceptors (Lipinski definition) is 4. The minimum Gasteiger partial charge on any atom is -0.375 e. The molecule has 4 aromatic rings. The number of anilines is 1. The molecule has 0 fully saturated rings. The number of methoxy groups -OCH3 is 1. The third-order valence-electron chi connectivity index (χ3n) is 4.55. The largest absolute Gasteiger partial charge is 0.375 e. The van der Waals surface area contributed by atoms with Gasteiger partial charge < -0.3 is 10.1 Å². The molecule has 0 radical (unpaired) electrons. The van der Waals surface area contributed by atoms with Crippen LogP contribution in [0.25, 0.3) is 32.8 Å². The molecular formula is C23H18N2O3. The van der Waals surface area contributed by atoms with Crippen molar-refractivity contribution in [1.29, 1.82) is 0 Å². The minimum absolute atomic E-state index is 0.0435. The zero-order valence-corrected chi connectivity index (χ0v) is 15.3. The van der Waals surface area contributed by atoms with Crippen LogP contribution in [-0.4, -0.2) is 24.6 Å². The summed E-state index contributed by atoms with van der Waals surface area (Å²) < 4.78 is 4.83. The predicted octanol–water partition coefficient (Wildman–Crippen LogP) is 4.00. The maximum Gasteiger partial charge on any atom is 0.250 e. The number of benzene rings is 2. The van der Waals surface area contributed by atoms with E-state index in [-0.39, 0.29) is 17.9 Å². The summed E-state index contributed by atoms with van der Waals surface area (Å²) in [4.78, 5) is 29.5. The Balaban J connectivity index is 1.89. The third kappa shape index (κ3) is 3.48. The number of hydrogen-bond donors (Lipinski definition) is 1. The maximum atomic E-state index is 13.3. The van der Waals surface area contributed by atoms with Crippen LogP contribution in [0.4, 0.5) is 5.69 Å². The molecule has 5 nitrogen and oxygen atoms in total. The molecule has 0 saturated carbocycles. The first kappa shape index (κ1) is 17.8. The van der Waals surface area contributed by atoms with Gasteiger partial charge in [-0.25, -0.2) is 0 Å². The highest BCUT2D eigenvalue weighted by atomic mass is 16.5. The molecule has 0 atom stereocenters. The number of pyridine rings is 1. The maximum absolute atomic E-state index is 13.3. The average Bonchev–Trinajstić information content (AvgIpc) is 2.85. The quantitative estimate of drug-likeness (QED) is 0.590. The van der Waals surface area contributed by atoms with Gasteiger partial charge in [-0.05, 0) is 35.2 Å². The Labute approximate surface area is 161 Å². The Morgan fingerprint density at radius 1 is 0.964 bits per heavy atom. The molecule has 1 amide bonds. The van der Waals surface area contributed by atoms with E-state index in [0.717, 1.165) is 16.5 Å². The first-order valence-electron chi connectivity index (χ1n) is 8.87. The van der Waals surface area contributed by atoms with Crippen molar-refractivity contribution in [3.8, 4) is 11.1 Å². The van der Waals surface area contributed by atoms with Crippen LogP contribution >= 0.6 is 0 Å². The molecule has 1 heterocycles. The topological polar surface area (TPSA) is 68.3 Å². The lowest BCUT2D eigenvalue weighted by molar-refractivity contribution is -0.119. The van der Waals surface area contributed by atoms with Gasteiger partial charge in [0.15, 0.2) is 5.43 Å². The van der Waals surface area contributed by atoms with Crippen molar-refractivity contribution in [2.24, 2.45) is 0 Å². The summed E-state index contributed by atoms with van der Waals surface area (Å²) >= 11 is 0. The average molecular weight is 370 g/mol. The van der Waals surface area contributed by atoms with Crippen LogP contribution in [-0.2, 0) is 9.53 Å². The standard InChI is InChI=1S/C23H18N2O3/c1-28-14-22(26)25-18-9-7-16-8-10-21-20(23(27)19(16)12-18)11-17(13-24-21)15-5-3-2-4-6-15/h2-13H,14H2,1H3,(H,25,26). The number of nitrogens with zero attached hydrogens (tertiary/aromatic N) is 1. The first-order chi connectivity index (χ1) is 13.7. The van der Waals surface area contributed by atoms with Crippen molar-refractivity contribution in [3.05, 3.63) is 83.2 Å². The Morgan fingerprint density at radius 3 is 2.54 bits per heavy atom. The molecule has 4 rings (SSSR count). The second kappa shape index (κ2) is 7.58. The highest BCUT2D eigenvalue weighted by Gasteiger charge is 2.08. The van der Waals surface area contributed by atoms with Gasteiger partial charge in [-0.3, -0.25) is 14.6 Å². The van der Waals surface area contributed by atoms with Gasteiger partial charge in [0.2, 0.25) is 5.91 Å². The smallest absolute Gasteiger partial charge is 0.250 e. The highest BCUT2D eigenvalue weighted by molar-refractivity contribution is 5.97. The molecule has 1 N–H and O–H groups in total. The summed E-state index contributed by atoms with van der Waals surface area (Å²) in [6.07, 6.45) is 1.78. The van der Waals surface area contributed by atoms with Crippen LogP contribution < -0.4 is 10.7 Å². The molecule has 28 heavy (non-hydrogen) atoms. The lowest BCUT2D eigenvalue weighted by Crippen LogP contribution is -2.17. The Bertz CT molecular complexity index is 1240. The van der Waals surface area contributed by atoms with Crippen molar-refractivity contribution in [3.63, 3.8) is 0 Å². The third-order valence-corrected chi connectivity index (χ3v) is 4.55. The Kier molecular flexibility index (Phi) is 4.83. The van der Waals surface area contributed by atoms with E-state index in [1.807, 2.05) is 54.6 Å². The number of carbonyl (C=O) groups excluding carboxylic acids is 1. The molecule has 0 aliphatic rings. The molecule has 138 valence electrons. The van der Waals surface area contributed by atoms with Crippen LogP contribution in [0.3, 0.4) is 0 Å². The number of fused-ring (bicyclic) bond motifs is 2. The summed E-state index contributed by atoms with van der Waals surface area (Å²) in [5, 5.41) is 4.59. The Hall–Kier alpha value is -3.57. The van der Waals surface area contributed by atoms with Crippen LogP contribution in [0.15, 0.2) is 77.7 Å². The zero-order valence-electron chi connectivity index (χ0n) is 15.3. The fourth-order valence-corrected chi connectivity index (χ4v) is 3.20. The summed E-state index contributed by atoms with van der Waals surface area (Å²) in [6.45, 7) is -0.0435. The highest BCUT2D eigenvalue weighted by Crippen LogP contribution is 2.23. The van der Waals surface area contributed by atoms with Crippen LogP contribution in [0.1, 0.15) is 0 Å². The van der Waals surface area contributed by atoms with Crippen LogP contribution in [0, 0.1) is 0 Å². The SMILES string of the molecule is COCC(=O)Nc1ccc2ccc3ncc(-c4ccccc4)cc3c(=O)c2c1. The van der Waals surface area contributed by atoms with Gasteiger partial charge in [0.25, 0.3) is 0 Å². The molecule has 0 aliphatic carbocycles. The molecule has 0 saturated heterocycles.